The van der Waals surface area contributed by atoms with E-state index in [1.165, 1.54) is 5.56 Å². The number of carbonyl (C=O) groups is 1. The first-order valence-corrected chi connectivity index (χ1v) is 10.1. The number of amides is 1. The van der Waals surface area contributed by atoms with Crippen LogP contribution in [0.1, 0.15) is 19.4 Å². The molecule has 0 radical (unpaired) electrons. The maximum Gasteiger partial charge on any atom is 0.264 e. The average molecular weight is 413 g/mol. The maximum absolute atomic E-state index is 12.1. The molecule has 0 unspecified atom stereocenters. The number of carbonyl (C=O) groups excluding carboxylic acids is 1. The summed E-state index contributed by atoms with van der Waals surface area (Å²) in [6.45, 7) is 4.44. The van der Waals surface area contributed by atoms with E-state index in [1.54, 1.807) is 7.11 Å². The van der Waals surface area contributed by atoms with E-state index >= 15 is 0 Å². The van der Waals surface area contributed by atoms with Crippen molar-refractivity contribution in [3.8, 4) is 28.6 Å². The number of benzene rings is 2. The molecule has 0 aliphatic heterocycles. The molecule has 2 aromatic carbocycles. The largest absolute Gasteiger partial charge is 0.493 e. The molecule has 0 saturated carbocycles. The van der Waals surface area contributed by atoms with Crippen molar-refractivity contribution >= 4 is 22.6 Å². The van der Waals surface area contributed by atoms with Gasteiger partial charge in [0.05, 0.1) is 13.7 Å². The molecule has 8 heteroatoms. The van der Waals surface area contributed by atoms with Crippen LogP contribution in [0.2, 0.25) is 0 Å². The Bertz CT molecular complexity index is 957. The van der Waals surface area contributed by atoms with Crippen molar-refractivity contribution in [1.29, 1.82) is 0 Å². The summed E-state index contributed by atoms with van der Waals surface area (Å²) in [7, 11) is 1.58. The molecule has 29 heavy (non-hydrogen) atoms. The Morgan fingerprint density at radius 1 is 1.07 bits per heavy atom. The predicted octanol–water partition coefficient (Wildman–Crippen LogP) is 4.19. The van der Waals surface area contributed by atoms with Gasteiger partial charge >= 0.3 is 0 Å². The molecule has 0 aliphatic carbocycles. The van der Waals surface area contributed by atoms with E-state index < -0.39 is 0 Å². The maximum atomic E-state index is 12.1. The summed E-state index contributed by atoms with van der Waals surface area (Å²) in [5.74, 6) is 2.12. The van der Waals surface area contributed by atoms with Crippen LogP contribution in [0.25, 0.3) is 11.4 Å². The third-order valence-electron chi connectivity index (χ3n) is 4.10. The second kappa shape index (κ2) is 9.88. The minimum absolute atomic E-state index is 0.0999. The van der Waals surface area contributed by atoms with E-state index in [9.17, 15) is 4.79 Å². The summed E-state index contributed by atoms with van der Waals surface area (Å²) in [5, 5.41) is 3.12. The smallest absolute Gasteiger partial charge is 0.264 e. The second-order valence-electron chi connectivity index (χ2n) is 6.06. The number of anilines is 1. The highest BCUT2D eigenvalue weighted by Crippen LogP contribution is 2.32. The number of hydrogen-bond acceptors (Lipinski definition) is 7. The molecule has 152 valence electrons. The van der Waals surface area contributed by atoms with Gasteiger partial charge in [0.2, 0.25) is 5.13 Å². The number of aromatic nitrogens is 2. The monoisotopic (exact) mass is 413 g/mol. The van der Waals surface area contributed by atoms with Crippen LogP contribution in [0.4, 0.5) is 5.13 Å². The number of nitrogens with one attached hydrogen (secondary N) is 1. The van der Waals surface area contributed by atoms with E-state index in [4.69, 9.17) is 14.2 Å². The summed E-state index contributed by atoms with van der Waals surface area (Å²) >= 11 is 1.11. The molecule has 3 aromatic rings. The van der Waals surface area contributed by atoms with Gasteiger partial charge in [-0.1, -0.05) is 19.1 Å². The summed E-state index contributed by atoms with van der Waals surface area (Å²) in [6, 6.07) is 13.1. The van der Waals surface area contributed by atoms with Crippen LogP contribution >= 0.6 is 11.5 Å². The van der Waals surface area contributed by atoms with Crippen LogP contribution in [-0.4, -0.2) is 35.6 Å². The molecule has 0 bridgehead atoms. The zero-order valence-electron chi connectivity index (χ0n) is 16.6. The van der Waals surface area contributed by atoms with Crippen molar-refractivity contribution in [1.82, 2.24) is 9.36 Å². The van der Waals surface area contributed by atoms with Gasteiger partial charge in [0.25, 0.3) is 5.91 Å². The van der Waals surface area contributed by atoms with Crippen LogP contribution in [0.3, 0.4) is 0 Å². The first-order valence-electron chi connectivity index (χ1n) is 9.29. The molecule has 0 aliphatic rings. The quantitative estimate of drug-likeness (QED) is 0.566. The molecule has 3 rings (SSSR count). The molecule has 1 N–H and O–H groups in total. The summed E-state index contributed by atoms with van der Waals surface area (Å²) in [6.07, 6.45) is 0.959. The zero-order valence-corrected chi connectivity index (χ0v) is 17.4. The Balaban J connectivity index is 1.60. The third kappa shape index (κ3) is 5.45. The SMILES string of the molecule is CCOc1ccc(-c2nsc(NC(=O)COc3ccc(CC)cc3)n2)cc1OC. The fourth-order valence-corrected chi connectivity index (χ4v) is 3.20. The van der Waals surface area contributed by atoms with E-state index in [-0.39, 0.29) is 12.5 Å². The molecule has 0 spiro atoms. The highest BCUT2D eigenvalue weighted by Gasteiger charge is 2.13. The van der Waals surface area contributed by atoms with Gasteiger partial charge in [-0.05, 0) is 49.2 Å². The lowest BCUT2D eigenvalue weighted by Gasteiger charge is -2.09. The standard InChI is InChI=1S/C21H23N3O4S/c1-4-14-6-9-16(10-7-14)28-13-19(25)22-21-23-20(24-29-21)15-8-11-17(27-5-2)18(12-15)26-3/h6-12H,4-5,13H2,1-3H3,(H,22,23,24,25). The van der Waals surface area contributed by atoms with Gasteiger partial charge in [0.15, 0.2) is 23.9 Å². The van der Waals surface area contributed by atoms with Crippen molar-refractivity contribution in [2.24, 2.45) is 0 Å². The lowest BCUT2D eigenvalue weighted by atomic mass is 10.2. The number of ether oxygens (including phenoxy) is 3. The Kier molecular flexibility index (Phi) is 7.02. The predicted molar refractivity (Wildman–Crippen MR) is 113 cm³/mol. The highest BCUT2D eigenvalue weighted by molar-refractivity contribution is 7.10. The molecular weight excluding hydrogens is 390 g/mol. The van der Waals surface area contributed by atoms with Crippen molar-refractivity contribution < 1.29 is 19.0 Å². The van der Waals surface area contributed by atoms with Crippen molar-refractivity contribution in [2.45, 2.75) is 20.3 Å². The minimum atomic E-state index is -0.295. The molecule has 1 amide bonds. The van der Waals surface area contributed by atoms with Crippen LogP contribution in [0, 0.1) is 0 Å². The molecule has 0 saturated heterocycles. The molecule has 0 fully saturated rings. The van der Waals surface area contributed by atoms with Crippen LogP contribution in [0.15, 0.2) is 42.5 Å². The Morgan fingerprint density at radius 2 is 1.86 bits per heavy atom. The van der Waals surface area contributed by atoms with Crippen molar-refractivity contribution in [2.75, 3.05) is 25.6 Å². The highest BCUT2D eigenvalue weighted by atomic mass is 32.1. The lowest BCUT2D eigenvalue weighted by molar-refractivity contribution is -0.118. The topological polar surface area (TPSA) is 82.6 Å². The van der Waals surface area contributed by atoms with Gasteiger partial charge in [-0.2, -0.15) is 9.36 Å². The van der Waals surface area contributed by atoms with E-state index in [0.717, 1.165) is 23.5 Å². The van der Waals surface area contributed by atoms with Gasteiger partial charge in [0.1, 0.15) is 5.75 Å². The third-order valence-corrected chi connectivity index (χ3v) is 4.73. The molecule has 0 atom stereocenters. The van der Waals surface area contributed by atoms with Gasteiger partial charge in [0, 0.05) is 17.1 Å². The van der Waals surface area contributed by atoms with E-state index in [2.05, 4.69) is 21.6 Å². The second-order valence-corrected chi connectivity index (χ2v) is 6.81. The van der Waals surface area contributed by atoms with Gasteiger partial charge in [-0.15, -0.1) is 0 Å². The average Bonchev–Trinajstić information content (AvgIpc) is 3.21. The Morgan fingerprint density at radius 3 is 2.55 bits per heavy atom. The van der Waals surface area contributed by atoms with Crippen molar-refractivity contribution in [3.05, 3.63) is 48.0 Å². The number of aryl methyl sites for hydroxylation is 1. The first kappa shape index (κ1) is 20.6. The fourth-order valence-electron chi connectivity index (χ4n) is 2.60. The van der Waals surface area contributed by atoms with E-state index in [1.807, 2.05) is 49.4 Å². The number of hydrogen-bond donors (Lipinski definition) is 1. The van der Waals surface area contributed by atoms with Gasteiger partial charge in [-0.25, -0.2) is 0 Å². The summed E-state index contributed by atoms with van der Waals surface area (Å²) < 4.78 is 20.7. The van der Waals surface area contributed by atoms with Gasteiger partial charge in [-0.3, -0.25) is 10.1 Å². The number of nitrogens with zero attached hydrogens (tertiary/aromatic N) is 2. The van der Waals surface area contributed by atoms with Crippen LogP contribution in [-0.2, 0) is 11.2 Å². The number of rotatable bonds is 9. The lowest BCUT2D eigenvalue weighted by Crippen LogP contribution is -2.20. The van der Waals surface area contributed by atoms with Crippen LogP contribution in [0.5, 0.6) is 17.2 Å². The molecule has 1 heterocycles. The first-order chi connectivity index (χ1) is 14.1. The minimum Gasteiger partial charge on any atom is -0.493 e. The summed E-state index contributed by atoms with van der Waals surface area (Å²) in [5.41, 5.74) is 1.99. The van der Waals surface area contributed by atoms with E-state index in [0.29, 0.717) is 34.8 Å². The Labute approximate surface area is 173 Å². The number of methoxy groups -OCH3 is 1. The normalized spacial score (nSPS) is 10.4. The Hall–Kier alpha value is -3.13. The van der Waals surface area contributed by atoms with Crippen LogP contribution < -0.4 is 19.5 Å². The molecular formula is C21H23N3O4S. The van der Waals surface area contributed by atoms with Gasteiger partial charge < -0.3 is 14.2 Å². The fraction of sp³-hybridized carbons (Fsp3) is 0.286. The zero-order chi connectivity index (χ0) is 20.6. The summed E-state index contributed by atoms with van der Waals surface area (Å²) in [4.78, 5) is 16.5. The molecule has 1 aromatic heterocycles. The molecule has 7 nitrogen and oxygen atoms in total. The van der Waals surface area contributed by atoms with Crippen molar-refractivity contribution in [3.63, 3.8) is 0 Å².